The molecule has 0 amide bonds. The van der Waals surface area contributed by atoms with E-state index in [-0.39, 0.29) is 17.5 Å². The van der Waals surface area contributed by atoms with E-state index in [9.17, 15) is 8.42 Å². The third kappa shape index (κ3) is 3.13. The molecule has 0 radical (unpaired) electrons. The van der Waals surface area contributed by atoms with Crippen LogP contribution in [-0.2, 0) is 16.6 Å². The molecule has 0 saturated heterocycles. The lowest BCUT2D eigenvalue weighted by Crippen LogP contribution is -2.46. The van der Waals surface area contributed by atoms with Gasteiger partial charge in [-0.1, -0.05) is 20.8 Å². The van der Waals surface area contributed by atoms with E-state index in [0.717, 1.165) is 0 Å². The quantitative estimate of drug-likeness (QED) is 0.798. The predicted octanol–water partition coefficient (Wildman–Crippen LogP) is 2.02. The van der Waals surface area contributed by atoms with Gasteiger partial charge in [-0.25, -0.2) is 13.1 Å². The lowest BCUT2D eigenvalue weighted by molar-refractivity contribution is 0.235. The maximum atomic E-state index is 12.2. The number of aliphatic hydroxyl groups is 1. The van der Waals surface area contributed by atoms with Crippen LogP contribution in [0.15, 0.2) is 21.6 Å². The molecule has 0 aliphatic carbocycles. The number of aliphatic hydroxyl groups excluding tert-OH is 1. The van der Waals surface area contributed by atoms with Crippen molar-refractivity contribution in [1.82, 2.24) is 4.72 Å². The first kappa shape index (κ1) is 15.2. The summed E-state index contributed by atoms with van der Waals surface area (Å²) in [5.41, 5.74) is -0.439. The van der Waals surface area contributed by atoms with Crippen molar-refractivity contribution in [2.75, 3.05) is 0 Å². The average Bonchev–Trinajstić information content (AvgIpc) is 2.85. The highest BCUT2D eigenvalue weighted by Gasteiger charge is 2.31. The molecule has 18 heavy (non-hydrogen) atoms. The molecule has 0 aliphatic heterocycles. The van der Waals surface area contributed by atoms with Crippen molar-refractivity contribution < 1.29 is 17.9 Å². The summed E-state index contributed by atoms with van der Waals surface area (Å²) in [7, 11) is -3.67. The summed E-state index contributed by atoms with van der Waals surface area (Å²) in [6.45, 7) is 5.56. The highest BCUT2D eigenvalue weighted by molar-refractivity contribution is 7.89. The first-order valence-electron chi connectivity index (χ1n) is 6.16. The summed E-state index contributed by atoms with van der Waals surface area (Å²) in [6.07, 6.45) is 2.15. The van der Waals surface area contributed by atoms with Crippen molar-refractivity contribution in [3.8, 4) is 0 Å². The Morgan fingerprint density at radius 2 is 1.78 bits per heavy atom. The Balaban J connectivity index is 3.00. The zero-order valence-corrected chi connectivity index (χ0v) is 11.9. The van der Waals surface area contributed by atoms with Gasteiger partial charge in [0.25, 0.3) is 10.0 Å². The van der Waals surface area contributed by atoms with Crippen molar-refractivity contribution in [3.05, 3.63) is 17.9 Å². The Morgan fingerprint density at radius 1 is 1.22 bits per heavy atom. The van der Waals surface area contributed by atoms with Crippen LogP contribution in [-0.4, -0.2) is 19.1 Å². The number of sulfonamides is 1. The van der Waals surface area contributed by atoms with Crippen molar-refractivity contribution in [2.45, 2.75) is 57.3 Å². The molecule has 0 bridgehead atoms. The molecule has 1 aromatic heterocycles. The van der Waals surface area contributed by atoms with Crippen LogP contribution in [0.25, 0.3) is 0 Å². The van der Waals surface area contributed by atoms with Crippen molar-refractivity contribution in [2.24, 2.45) is 0 Å². The Bertz CT molecular complexity index is 466. The summed E-state index contributed by atoms with van der Waals surface area (Å²) in [4.78, 5) is 0. The number of rotatable bonds is 7. The molecule has 0 aromatic carbocycles. The zero-order valence-electron chi connectivity index (χ0n) is 11.1. The lowest BCUT2D eigenvalue weighted by atomic mass is 9.91. The molecule has 2 N–H and O–H groups in total. The van der Waals surface area contributed by atoms with Gasteiger partial charge in [-0.2, -0.15) is 0 Å². The minimum absolute atomic E-state index is 0.147. The van der Waals surface area contributed by atoms with Gasteiger partial charge in [0.15, 0.2) is 0 Å². The van der Waals surface area contributed by atoms with Gasteiger partial charge in [0.2, 0.25) is 5.09 Å². The Labute approximate surface area is 108 Å². The normalized spacial score (nSPS) is 12.9. The predicted molar refractivity (Wildman–Crippen MR) is 68.6 cm³/mol. The maximum absolute atomic E-state index is 12.2. The Hall–Kier alpha value is -0.850. The molecule has 0 unspecified atom stereocenters. The molecule has 0 saturated carbocycles. The van der Waals surface area contributed by atoms with Crippen molar-refractivity contribution in [1.29, 1.82) is 0 Å². The minimum atomic E-state index is -3.67. The molecule has 1 aromatic rings. The summed E-state index contributed by atoms with van der Waals surface area (Å²) in [6, 6.07) is 2.82. The molecule has 0 fully saturated rings. The van der Waals surface area contributed by atoms with E-state index >= 15 is 0 Å². The molecule has 5 nitrogen and oxygen atoms in total. The van der Waals surface area contributed by atoms with E-state index in [4.69, 9.17) is 9.52 Å². The molecule has 6 heteroatoms. The molecule has 0 atom stereocenters. The van der Waals surface area contributed by atoms with E-state index in [1.54, 1.807) is 0 Å². The second-order valence-electron chi connectivity index (χ2n) is 4.33. The number of hydrogen-bond donors (Lipinski definition) is 2. The zero-order chi connectivity index (χ0) is 13.8. The van der Waals surface area contributed by atoms with Crippen LogP contribution >= 0.6 is 0 Å². The molecular weight excluding hydrogens is 254 g/mol. The van der Waals surface area contributed by atoms with Gasteiger partial charge in [0.05, 0.1) is 0 Å². The van der Waals surface area contributed by atoms with E-state index in [0.29, 0.717) is 19.3 Å². The number of nitrogens with one attached hydrogen (secondary N) is 1. The minimum Gasteiger partial charge on any atom is -0.446 e. The Kier molecular flexibility index (Phi) is 4.95. The van der Waals surface area contributed by atoms with Crippen LogP contribution in [0.2, 0.25) is 0 Å². The van der Waals surface area contributed by atoms with Gasteiger partial charge < -0.3 is 9.52 Å². The van der Waals surface area contributed by atoms with Crippen LogP contribution in [0.5, 0.6) is 0 Å². The van der Waals surface area contributed by atoms with Crippen LogP contribution in [0.1, 0.15) is 45.8 Å². The molecule has 1 rings (SSSR count). The van der Waals surface area contributed by atoms with Crippen LogP contribution in [0, 0.1) is 0 Å². The SMILES string of the molecule is CCC(CC)(CC)NS(=O)(=O)c1ccc(CO)o1. The molecular formula is C12H21NO4S. The smallest absolute Gasteiger partial charge is 0.274 e. The van der Waals surface area contributed by atoms with Crippen molar-refractivity contribution in [3.63, 3.8) is 0 Å². The largest absolute Gasteiger partial charge is 0.446 e. The summed E-state index contributed by atoms with van der Waals surface area (Å²) >= 11 is 0. The van der Waals surface area contributed by atoms with Gasteiger partial charge in [-0.3, -0.25) is 0 Å². The van der Waals surface area contributed by atoms with Gasteiger partial charge in [-0.15, -0.1) is 0 Å². The molecule has 1 heterocycles. The van der Waals surface area contributed by atoms with Crippen LogP contribution < -0.4 is 4.72 Å². The summed E-state index contributed by atoms with van der Waals surface area (Å²) in [5, 5.41) is 8.73. The third-order valence-electron chi connectivity index (χ3n) is 3.44. The van der Waals surface area contributed by atoms with E-state index in [1.165, 1.54) is 12.1 Å². The lowest BCUT2D eigenvalue weighted by Gasteiger charge is -2.30. The maximum Gasteiger partial charge on any atom is 0.274 e. The van der Waals surface area contributed by atoms with Gasteiger partial charge >= 0.3 is 0 Å². The van der Waals surface area contributed by atoms with Crippen LogP contribution in [0.3, 0.4) is 0 Å². The highest BCUT2D eigenvalue weighted by atomic mass is 32.2. The first-order valence-corrected chi connectivity index (χ1v) is 7.65. The van der Waals surface area contributed by atoms with E-state index in [1.807, 2.05) is 20.8 Å². The monoisotopic (exact) mass is 275 g/mol. The topological polar surface area (TPSA) is 79.5 Å². The molecule has 0 spiro atoms. The molecule has 0 aliphatic rings. The second-order valence-corrected chi connectivity index (χ2v) is 5.94. The van der Waals surface area contributed by atoms with Gasteiger partial charge in [0.1, 0.15) is 12.4 Å². The Morgan fingerprint density at radius 3 is 2.17 bits per heavy atom. The average molecular weight is 275 g/mol. The third-order valence-corrected chi connectivity index (χ3v) is 4.89. The summed E-state index contributed by atoms with van der Waals surface area (Å²) in [5.74, 6) is 0.241. The fourth-order valence-corrected chi connectivity index (χ4v) is 3.46. The number of hydrogen-bond acceptors (Lipinski definition) is 4. The fourth-order valence-electron chi connectivity index (χ4n) is 1.89. The standard InChI is InChI=1S/C12H21NO4S/c1-4-12(5-2,6-3)13-18(15,16)11-8-7-10(9-14)17-11/h7-8,13-14H,4-6,9H2,1-3H3. The van der Waals surface area contributed by atoms with Crippen LogP contribution in [0.4, 0.5) is 0 Å². The second kappa shape index (κ2) is 5.86. The van der Waals surface area contributed by atoms with Gasteiger partial charge in [0, 0.05) is 5.54 Å². The van der Waals surface area contributed by atoms with E-state index < -0.39 is 15.6 Å². The van der Waals surface area contributed by atoms with E-state index in [2.05, 4.69) is 4.72 Å². The first-order chi connectivity index (χ1) is 8.43. The summed E-state index contributed by atoms with van der Waals surface area (Å²) < 4.78 is 32.1. The van der Waals surface area contributed by atoms with Gasteiger partial charge in [-0.05, 0) is 31.4 Å². The molecule has 104 valence electrons. The van der Waals surface area contributed by atoms with Crippen molar-refractivity contribution >= 4 is 10.0 Å². The fraction of sp³-hybridized carbons (Fsp3) is 0.667. The highest BCUT2D eigenvalue weighted by Crippen LogP contribution is 2.23. The number of furan rings is 1.